The third-order valence-electron chi connectivity index (χ3n) is 6.95. The van der Waals surface area contributed by atoms with Crippen LogP contribution in [0.15, 0.2) is 55.0 Å². The molecule has 8 nitrogen and oxygen atoms in total. The number of likely N-dealkylation sites (tertiary alicyclic amines) is 1. The van der Waals surface area contributed by atoms with E-state index in [0.717, 1.165) is 47.4 Å². The van der Waals surface area contributed by atoms with Gasteiger partial charge in [-0.05, 0) is 63.0 Å². The van der Waals surface area contributed by atoms with E-state index in [2.05, 4.69) is 38.3 Å². The Bertz CT molecular complexity index is 1390. The van der Waals surface area contributed by atoms with Crippen molar-refractivity contribution in [2.45, 2.75) is 44.9 Å². The van der Waals surface area contributed by atoms with Gasteiger partial charge in [-0.3, -0.25) is 4.40 Å². The summed E-state index contributed by atoms with van der Waals surface area (Å²) in [5.74, 6) is 0.436. The fourth-order valence-corrected chi connectivity index (χ4v) is 4.87. The number of nitrogens with one attached hydrogen (secondary N) is 1. The molecule has 35 heavy (non-hydrogen) atoms. The van der Waals surface area contributed by atoms with Gasteiger partial charge in [-0.25, -0.2) is 15.0 Å². The van der Waals surface area contributed by atoms with E-state index in [1.807, 2.05) is 60.8 Å². The van der Waals surface area contributed by atoms with Gasteiger partial charge in [0.25, 0.3) is 0 Å². The molecule has 3 aromatic heterocycles. The minimum Gasteiger partial charge on any atom is -0.387 e. The summed E-state index contributed by atoms with van der Waals surface area (Å²) in [4.78, 5) is 15.8. The van der Waals surface area contributed by atoms with Gasteiger partial charge < -0.3 is 15.3 Å². The number of anilines is 1. The summed E-state index contributed by atoms with van der Waals surface area (Å²) in [5, 5.41) is 23.8. The number of likely N-dealkylation sites (N-methyl/N-ethyl adjacent to an activating group) is 1. The number of benzene rings is 1. The lowest BCUT2D eigenvalue weighted by molar-refractivity contribution is 0.0857. The molecule has 0 saturated carbocycles. The van der Waals surface area contributed by atoms with Crippen LogP contribution in [0.4, 0.5) is 5.95 Å². The van der Waals surface area contributed by atoms with Crippen molar-refractivity contribution in [1.82, 2.24) is 24.3 Å². The topological polar surface area (TPSA) is 102 Å². The first-order chi connectivity index (χ1) is 17.0. The highest BCUT2D eigenvalue weighted by Crippen LogP contribution is 2.30. The van der Waals surface area contributed by atoms with Gasteiger partial charge in [0.05, 0.1) is 35.8 Å². The normalized spacial score (nSPS) is 17.9. The lowest BCUT2D eigenvalue weighted by atomic mass is 9.98. The highest BCUT2D eigenvalue weighted by atomic mass is 16.3. The average molecular weight is 468 g/mol. The summed E-state index contributed by atoms with van der Waals surface area (Å²) in [7, 11) is 2.07. The molecule has 0 spiro atoms. The molecule has 5 rings (SSSR count). The molecular weight excluding hydrogens is 438 g/mol. The zero-order chi connectivity index (χ0) is 24.5. The maximum Gasteiger partial charge on any atom is 0.223 e. The van der Waals surface area contributed by atoms with Crippen molar-refractivity contribution in [3.05, 3.63) is 77.2 Å². The van der Waals surface area contributed by atoms with Gasteiger partial charge in [0.2, 0.25) is 5.95 Å². The van der Waals surface area contributed by atoms with Crippen molar-refractivity contribution in [3.63, 3.8) is 0 Å². The number of nitriles is 1. The first kappa shape index (κ1) is 23.0. The number of fused-ring (bicyclic) bond motifs is 1. The van der Waals surface area contributed by atoms with E-state index in [1.54, 1.807) is 12.4 Å². The third kappa shape index (κ3) is 4.36. The zero-order valence-corrected chi connectivity index (χ0v) is 20.2. The molecule has 1 saturated heterocycles. The maximum absolute atomic E-state index is 10.8. The van der Waals surface area contributed by atoms with Crippen LogP contribution >= 0.6 is 0 Å². The number of rotatable bonds is 6. The molecule has 0 amide bonds. The first-order valence-corrected chi connectivity index (χ1v) is 11.9. The number of aryl methyl sites for hydroxylation is 1. The summed E-state index contributed by atoms with van der Waals surface area (Å²) in [6.07, 6.45) is 6.86. The van der Waals surface area contributed by atoms with Crippen molar-refractivity contribution in [3.8, 4) is 17.5 Å². The fraction of sp³-hybridized carbons (Fsp3) is 0.333. The predicted octanol–water partition coefficient (Wildman–Crippen LogP) is 4.27. The van der Waals surface area contributed by atoms with Crippen molar-refractivity contribution in [1.29, 1.82) is 5.26 Å². The van der Waals surface area contributed by atoms with Crippen molar-refractivity contribution in [2.75, 3.05) is 18.9 Å². The highest BCUT2D eigenvalue weighted by molar-refractivity contribution is 5.68. The van der Waals surface area contributed by atoms with Crippen molar-refractivity contribution in [2.24, 2.45) is 0 Å². The molecule has 4 aromatic rings. The molecule has 0 aliphatic carbocycles. The van der Waals surface area contributed by atoms with E-state index < -0.39 is 6.10 Å². The van der Waals surface area contributed by atoms with Crippen LogP contribution in [0.1, 0.15) is 54.2 Å². The fourth-order valence-electron chi connectivity index (χ4n) is 4.87. The van der Waals surface area contributed by atoms with E-state index in [4.69, 9.17) is 0 Å². The smallest absolute Gasteiger partial charge is 0.223 e. The lowest BCUT2D eigenvalue weighted by Crippen LogP contribution is -2.31. The van der Waals surface area contributed by atoms with Crippen LogP contribution in [0.3, 0.4) is 0 Å². The van der Waals surface area contributed by atoms with Gasteiger partial charge in [0.1, 0.15) is 17.4 Å². The SMILES string of the molecule is Cc1cccn2c(-c3nc(N[C@@H](C)c4ccc(C(O)[C@@H]5CCCN5C)cc4)ncc3C#N)cnc12. The molecule has 2 N–H and O–H groups in total. The van der Waals surface area contributed by atoms with Crippen LogP contribution in [0.5, 0.6) is 0 Å². The number of aliphatic hydroxyl groups excluding tert-OH is 1. The Hall–Kier alpha value is -3.80. The Morgan fingerprint density at radius 2 is 1.91 bits per heavy atom. The second-order valence-corrected chi connectivity index (χ2v) is 9.26. The first-order valence-electron chi connectivity index (χ1n) is 11.9. The molecule has 4 heterocycles. The summed E-state index contributed by atoms with van der Waals surface area (Å²) >= 11 is 0. The average Bonchev–Trinajstić information content (AvgIpc) is 3.50. The minimum absolute atomic E-state index is 0.0689. The third-order valence-corrected chi connectivity index (χ3v) is 6.95. The lowest BCUT2D eigenvalue weighted by Gasteiger charge is -2.25. The number of pyridine rings is 1. The number of nitrogens with zero attached hydrogens (tertiary/aromatic N) is 6. The van der Waals surface area contributed by atoms with Gasteiger partial charge in [-0.15, -0.1) is 0 Å². The van der Waals surface area contributed by atoms with E-state index in [0.29, 0.717) is 17.2 Å². The zero-order valence-electron chi connectivity index (χ0n) is 20.2. The number of imidazole rings is 1. The summed E-state index contributed by atoms with van der Waals surface area (Å²) in [6.45, 7) is 5.07. The molecule has 1 aromatic carbocycles. The molecule has 178 valence electrons. The van der Waals surface area contributed by atoms with Crippen LogP contribution in [-0.2, 0) is 0 Å². The van der Waals surface area contributed by atoms with Gasteiger partial charge >= 0.3 is 0 Å². The van der Waals surface area contributed by atoms with Gasteiger partial charge in [0, 0.05) is 12.2 Å². The van der Waals surface area contributed by atoms with Gasteiger partial charge in [-0.1, -0.05) is 30.3 Å². The molecule has 1 fully saturated rings. The molecule has 8 heteroatoms. The molecule has 0 radical (unpaired) electrons. The minimum atomic E-state index is -0.488. The molecule has 3 atom stereocenters. The maximum atomic E-state index is 10.8. The largest absolute Gasteiger partial charge is 0.387 e. The quantitative estimate of drug-likeness (QED) is 0.436. The van der Waals surface area contributed by atoms with E-state index in [-0.39, 0.29) is 12.1 Å². The van der Waals surface area contributed by atoms with Crippen molar-refractivity contribution < 1.29 is 5.11 Å². The number of aliphatic hydroxyl groups is 1. The number of aromatic nitrogens is 4. The Labute approximate surface area is 204 Å². The van der Waals surface area contributed by atoms with Crippen LogP contribution in [0, 0.1) is 18.3 Å². The van der Waals surface area contributed by atoms with Crippen LogP contribution in [0.2, 0.25) is 0 Å². The molecule has 1 aliphatic heterocycles. The standard InChI is InChI=1S/C27H29N7O/c1-17-6-4-13-34-23(16-29-26(17)34)24-21(14-28)15-30-27(32-24)31-18(2)19-8-10-20(11-9-19)25(35)22-7-5-12-33(22)3/h4,6,8-11,13,15-16,18,22,25,35H,5,7,12H2,1-3H3,(H,30,31,32)/t18-,22-,25?/m0/s1. The van der Waals surface area contributed by atoms with Gasteiger partial charge in [0.15, 0.2) is 0 Å². The van der Waals surface area contributed by atoms with E-state index in [9.17, 15) is 10.4 Å². The monoisotopic (exact) mass is 467 g/mol. The van der Waals surface area contributed by atoms with Crippen LogP contribution < -0.4 is 5.32 Å². The highest BCUT2D eigenvalue weighted by Gasteiger charge is 2.28. The number of hydrogen-bond acceptors (Lipinski definition) is 7. The molecular formula is C27H29N7O. The summed E-state index contributed by atoms with van der Waals surface area (Å²) in [6, 6.07) is 14.3. The Morgan fingerprint density at radius 1 is 1.14 bits per heavy atom. The number of hydrogen-bond donors (Lipinski definition) is 2. The summed E-state index contributed by atoms with van der Waals surface area (Å²) < 4.78 is 1.94. The molecule has 1 aliphatic rings. The Balaban J connectivity index is 1.37. The second-order valence-electron chi connectivity index (χ2n) is 9.26. The van der Waals surface area contributed by atoms with E-state index in [1.165, 1.54) is 0 Å². The predicted molar refractivity (Wildman–Crippen MR) is 135 cm³/mol. The van der Waals surface area contributed by atoms with Crippen molar-refractivity contribution >= 4 is 11.6 Å². The Kier molecular flexibility index (Phi) is 6.20. The van der Waals surface area contributed by atoms with Crippen LogP contribution in [-0.4, -0.2) is 49.0 Å². The van der Waals surface area contributed by atoms with Crippen LogP contribution in [0.25, 0.3) is 17.0 Å². The molecule has 0 bridgehead atoms. The van der Waals surface area contributed by atoms with E-state index >= 15 is 0 Å². The second kappa shape index (κ2) is 9.45. The molecule has 1 unspecified atom stereocenters. The summed E-state index contributed by atoms with van der Waals surface area (Å²) in [5.41, 5.74) is 5.54. The van der Waals surface area contributed by atoms with Gasteiger partial charge in [-0.2, -0.15) is 5.26 Å². The Morgan fingerprint density at radius 3 is 2.63 bits per heavy atom.